The average molecular weight is 200 g/mol. The van der Waals surface area contributed by atoms with Crippen molar-refractivity contribution in [2.24, 2.45) is 0 Å². The second-order valence-electron chi connectivity index (χ2n) is 3.77. The number of carboxylic acids is 1. The van der Waals surface area contributed by atoms with Crippen LogP contribution in [0.2, 0.25) is 0 Å². The third-order valence-corrected chi connectivity index (χ3v) is 2.68. The highest BCUT2D eigenvalue weighted by atomic mass is 16.4. The lowest BCUT2D eigenvalue weighted by atomic mass is 9.99. The number of fused-ring (bicyclic) bond motifs is 1. The predicted molar refractivity (Wildman–Crippen MR) is 60.4 cm³/mol. The summed E-state index contributed by atoms with van der Waals surface area (Å²) in [6, 6.07) is 9.59. The molecule has 0 unspecified atom stereocenters. The average Bonchev–Trinajstić information content (AvgIpc) is 2.19. The first-order valence-electron chi connectivity index (χ1n) is 4.83. The Kier molecular flexibility index (Phi) is 2.19. The molecular weight excluding hydrogens is 188 g/mol. The van der Waals surface area contributed by atoms with Crippen LogP contribution in [0.1, 0.15) is 21.5 Å². The topological polar surface area (TPSA) is 37.3 Å². The molecule has 2 heteroatoms. The summed E-state index contributed by atoms with van der Waals surface area (Å²) in [5.41, 5.74) is 2.37. The van der Waals surface area contributed by atoms with Crippen LogP contribution in [-0.2, 0) is 0 Å². The zero-order valence-corrected chi connectivity index (χ0v) is 8.74. The van der Waals surface area contributed by atoms with Crippen molar-refractivity contribution in [1.29, 1.82) is 0 Å². The lowest BCUT2D eigenvalue weighted by Crippen LogP contribution is -1.99. The summed E-state index contributed by atoms with van der Waals surface area (Å²) in [6.07, 6.45) is 0. The van der Waals surface area contributed by atoms with E-state index in [9.17, 15) is 4.79 Å². The maximum absolute atomic E-state index is 11.0. The number of benzene rings is 2. The van der Waals surface area contributed by atoms with Gasteiger partial charge >= 0.3 is 5.97 Å². The molecule has 0 saturated carbocycles. The van der Waals surface area contributed by atoms with Gasteiger partial charge in [0.2, 0.25) is 0 Å². The standard InChI is InChI=1S/C13H12O2/c1-8-3-4-10-5-6-11(13(14)15)9(2)12(10)7-8/h3-7H,1-2H3,(H,14,15). The quantitative estimate of drug-likeness (QED) is 0.767. The molecule has 0 aliphatic rings. The second kappa shape index (κ2) is 3.39. The van der Waals surface area contributed by atoms with E-state index in [4.69, 9.17) is 5.11 Å². The molecule has 1 N–H and O–H groups in total. The number of rotatable bonds is 1. The highest BCUT2D eigenvalue weighted by molar-refractivity contribution is 5.97. The SMILES string of the molecule is Cc1ccc2ccc(C(=O)O)c(C)c2c1. The lowest BCUT2D eigenvalue weighted by molar-refractivity contribution is 0.0696. The summed E-state index contributed by atoms with van der Waals surface area (Å²) in [5, 5.41) is 11.1. The molecule has 2 aromatic rings. The molecule has 15 heavy (non-hydrogen) atoms. The number of carboxylic acid groups (broad SMARTS) is 1. The molecule has 2 rings (SSSR count). The molecule has 0 atom stereocenters. The Morgan fingerprint density at radius 2 is 1.80 bits per heavy atom. The maximum Gasteiger partial charge on any atom is 0.335 e. The van der Waals surface area contributed by atoms with E-state index in [1.165, 1.54) is 0 Å². The molecule has 0 aromatic heterocycles. The van der Waals surface area contributed by atoms with E-state index in [1.807, 2.05) is 38.1 Å². The van der Waals surface area contributed by atoms with E-state index in [0.717, 1.165) is 21.9 Å². The zero-order valence-electron chi connectivity index (χ0n) is 8.74. The van der Waals surface area contributed by atoms with Gasteiger partial charge in [-0.05, 0) is 36.2 Å². The smallest absolute Gasteiger partial charge is 0.335 e. The van der Waals surface area contributed by atoms with Crippen LogP contribution in [0.25, 0.3) is 10.8 Å². The number of aromatic carboxylic acids is 1. The van der Waals surface area contributed by atoms with Crippen LogP contribution < -0.4 is 0 Å². The third-order valence-electron chi connectivity index (χ3n) is 2.68. The molecule has 0 saturated heterocycles. The largest absolute Gasteiger partial charge is 0.478 e. The first kappa shape index (κ1) is 9.71. The van der Waals surface area contributed by atoms with E-state index >= 15 is 0 Å². The molecule has 0 fully saturated rings. The summed E-state index contributed by atoms with van der Waals surface area (Å²) in [7, 11) is 0. The van der Waals surface area contributed by atoms with E-state index < -0.39 is 5.97 Å². The summed E-state index contributed by atoms with van der Waals surface area (Å²) < 4.78 is 0. The third kappa shape index (κ3) is 1.59. The second-order valence-corrected chi connectivity index (χ2v) is 3.77. The van der Waals surface area contributed by atoms with Crippen molar-refractivity contribution in [3.63, 3.8) is 0 Å². The van der Waals surface area contributed by atoms with E-state index in [2.05, 4.69) is 0 Å². The van der Waals surface area contributed by atoms with Crippen molar-refractivity contribution < 1.29 is 9.90 Å². The normalized spacial score (nSPS) is 10.5. The van der Waals surface area contributed by atoms with E-state index in [0.29, 0.717) is 5.56 Å². The number of aryl methyl sites for hydroxylation is 2. The van der Waals surface area contributed by atoms with E-state index in [1.54, 1.807) is 6.07 Å². The lowest BCUT2D eigenvalue weighted by Gasteiger charge is -2.06. The van der Waals surface area contributed by atoms with Gasteiger partial charge in [0.15, 0.2) is 0 Å². The molecule has 0 spiro atoms. The predicted octanol–water partition coefficient (Wildman–Crippen LogP) is 3.15. The number of carbonyl (C=O) groups is 1. The van der Waals surface area contributed by atoms with Gasteiger partial charge in [-0.3, -0.25) is 0 Å². The van der Waals surface area contributed by atoms with Gasteiger partial charge in [0.05, 0.1) is 5.56 Å². The highest BCUT2D eigenvalue weighted by Crippen LogP contribution is 2.22. The van der Waals surface area contributed by atoms with Crippen LogP contribution >= 0.6 is 0 Å². The molecule has 2 aromatic carbocycles. The van der Waals surface area contributed by atoms with Crippen molar-refractivity contribution in [2.45, 2.75) is 13.8 Å². The Morgan fingerprint density at radius 3 is 2.47 bits per heavy atom. The monoisotopic (exact) mass is 200 g/mol. The van der Waals surface area contributed by atoms with Crippen molar-refractivity contribution in [1.82, 2.24) is 0 Å². The minimum atomic E-state index is -0.865. The Bertz CT molecular complexity index is 541. The Balaban J connectivity index is 2.82. The van der Waals surface area contributed by atoms with Gasteiger partial charge in [0.25, 0.3) is 0 Å². The summed E-state index contributed by atoms with van der Waals surface area (Å²) in [4.78, 5) is 11.0. The van der Waals surface area contributed by atoms with Gasteiger partial charge in [-0.25, -0.2) is 4.79 Å². The molecule has 0 aliphatic heterocycles. The van der Waals surface area contributed by atoms with Crippen molar-refractivity contribution in [3.05, 3.63) is 47.0 Å². The van der Waals surface area contributed by atoms with E-state index in [-0.39, 0.29) is 0 Å². The van der Waals surface area contributed by atoms with Crippen molar-refractivity contribution >= 4 is 16.7 Å². The van der Waals surface area contributed by atoms with Crippen LogP contribution in [-0.4, -0.2) is 11.1 Å². The van der Waals surface area contributed by atoms with Crippen molar-refractivity contribution in [3.8, 4) is 0 Å². The first-order chi connectivity index (χ1) is 7.09. The fourth-order valence-electron chi connectivity index (χ4n) is 1.82. The van der Waals surface area contributed by atoms with Gasteiger partial charge in [0.1, 0.15) is 0 Å². The van der Waals surface area contributed by atoms with Crippen molar-refractivity contribution in [2.75, 3.05) is 0 Å². The summed E-state index contributed by atoms with van der Waals surface area (Å²) in [5.74, 6) is -0.865. The molecule has 76 valence electrons. The number of hydrogen-bond acceptors (Lipinski definition) is 1. The minimum Gasteiger partial charge on any atom is -0.478 e. The van der Waals surface area contributed by atoms with Crippen LogP contribution in [0.15, 0.2) is 30.3 Å². The summed E-state index contributed by atoms with van der Waals surface area (Å²) >= 11 is 0. The molecule has 2 nitrogen and oxygen atoms in total. The fourth-order valence-corrected chi connectivity index (χ4v) is 1.82. The Labute approximate surface area is 88.2 Å². The van der Waals surface area contributed by atoms with Gasteiger partial charge < -0.3 is 5.11 Å². The van der Waals surface area contributed by atoms with Gasteiger partial charge in [-0.15, -0.1) is 0 Å². The Hall–Kier alpha value is -1.83. The van der Waals surface area contributed by atoms with Gasteiger partial charge in [-0.2, -0.15) is 0 Å². The van der Waals surface area contributed by atoms with Crippen LogP contribution in [0.3, 0.4) is 0 Å². The van der Waals surface area contributed by atoms with Crippen LogP contribution in [0, 0.1) is 13.8 Å². The van der Waals surface area contributed by atoms with Gasteiger partial charge in [-0.1, -0.05) is 29.8 Å². The highest BCUT2D eigenvalue weighted by Gasteiger charge is 2.09. The Morgan fingerprint density at radius 1 is 1.13 bits per heavy atom. The van der Waals surface area contributed by atoms with Crippen LogP contribution in [0.5, 0.6) is 0 Å². The molecule has 0 aliphatic carbocycles. The molecule has 0 heterocycles. The molecular formula is C13H12O2. The summed E-state index contributed by atoms with van der Waals surface area (Å²) in [6.45, 7) is 3.86. The minimum absolute atomic E-state index is 0.383. The fraction of sp³-hybridized carbons (Fsp3) is 0.154. The molecule has 0 amide bonds. The number of hydrogen-bond donors (Lipinski definition) is 1. The molecule has 0 bridgehead atoms. The van der Waals surface area contributed by atoms with Gasteiger partial charge in [0, 0.05) is 0 Å². The first-order valence-corrected chi connectivity index (χ1v) is 4.83. The molecule has 0 radical (unpaired) electrons. The maximum atomic E-state index is 11.0. The zero-order chi connectivity index (χ0) is 11.0. The van der Waals surface area contributed by atoms with Crippen LogP contribution in [0.4, 0.5) is 0 Å².